The molecule has 3 aromatic rings. The SMILES string of the molecule is N=C(N)c1ccc(-c2cn3cc(C(=O)NCCC(=O)O)cnc3n2)cc1. The third-order valence-corrected chi connectivity index (χ3v) is 3.69. The molecule has 0 saturated carbocycles. The molecule has 0 radical (unpaired) electrons. The van der Waals surface area contributed by atoms with Gasteiger partial charge in [-0.2, -0.15) is 0 Å². The number of carbonyl (C=O) groups is 2. The highest BCUT2D eigenvalue weighted by Gasteiger charge is 2.11. The summed E-state index contributed by atoms with van der Waals surface area (Å²) in [5.74, 6) is -0.958. The van der Waals surface area contributed by atoms with Crippen LogP contribution >= 0.6 is 0 Å². The third-order valence-electron chi connectivity index (χ3n) is 3.69. The first-order valence-electron chi connectivity index (χ1n) is 7.73. The van der Waals surface area contributed by atoms with Gasteiger partial charge in [-0.05, 0) is 0 Å². The summed E-state index contributed by atoms with van der Waals surface area (Å²) in [7, 11) is 0. The molecule has 3 rings (SSSR count). The van der Waals surface area contributed by atoms with Gasteiger partial charge in [-0.15, -0.1) is 0 Å². The topological polar surface area (TPSA) is 146 Å². The highest BCUT2D eigenvalue weighted by atomic mass is 16.4. The average molecular weight is 352 g/mol. The van der Waals surface area contributed by atoms with Crippen molar-refractivity contribution < 1.29 is 14.7 Å². The molecule has 0 unspecified atom stereocenters. The molecular formula is C17H16N6O3. The van der Waals surface area contributed by atoms with Crippen LogP contribution in [0.15, 0.2) is 42.9 Å². The molecular weight excluding hydrogens is 336 g/mol. The Hall–Kier alpha value is -3.75. The van der Waals surface area contributed by atoms with Crippen molar-refractivity contribution in [3.8, 4) is 11.3 Å². The van der Waals surface area contributed by atoms with Crippen LogP contribution in [0.1, 0.15) is 22.3 Å². The molecule has 0 spiro atoms. The molecule has 26 heavy (non-hydrogen) atoms. The highest BCUT2D eigenvalue weighted by molar-refractivity contribution is 5.95. The zero-order chi connectivity index (χ0) is 18.7. The van der Waals surface area contributed by atoms with E-state index < -0.39 is 11.9 Å². The number of nitrogens with zero attached hydrogens (tertiary/aromatic N) is 3. The van der Waals surface area contributed by atoms with Gasteiger partial charge in [0.15, 0.2) is 0 Å². The molecule has 2 aromatic heterocycles. The van der Waals surface area contributed by atoms with Gasteiger partial charge >= 0.3 is 5.97 Å². The molecule has 2 heterocycles. The van der Waals surface area contributed by atoms with Gasteiger partial charge in [0.2, 0.25) is 5.78 Å². The highest BCUT2D eigenvalue weighted by Crippen LogP contribution is 2.19. The van der Waals surface area contributed by atoms with Gasteiger partial charge in [0.1, 0.15) is 5.84 Å². The fourth-order valence-corrected chi connectivity index (χ4v) is 2.35. The van der Waals surface area contributed by atoms with Crippen LogP contribution in [-0.2, 0) is 4.79 Å². The van der Waals surface area contributed by atoms with Crippen molar-refractivity contribution in [3.05, 3.63) is 54.0 Å². The van der Waals surface area contributed by atoms with E-state index in [0.717, 1.165) is 5.56 Å². The summed E-state index contributed by atoms with van der Waals surface area (Å²) >= 11 is 0. The summed E-state index contributed by atoms with van der Waals surface area (Å²) in [6, 6.07) is 7.07. The van der Waals surface area contributed by atoms with E-state index in [0.29, 0.717) is 22.6 Å². The van der Waals surface area contributed by atoms with Crippen LogP contribution in [0.5, 0.6) is 0 Å². The van der Waals surface area contributed by atoms with E-state index in [9.17, 15) is 9.59 Å². The Bertz CT molecular complexity index is 993. The number of carboxylic acid groups (broad SMARTS) is 1. The number of carboxylic acids is 1. The molecule has 0 atom stereocenters. The van der Waals surface area contributed by atoms with Gasteiger partial charge in [0, 0.05) is 36.3 Å². The molecule has 0 aliphatic carbocycles. The Labute approximate surface area is 148 Å². The van der Waals surface area contributed by atoms with Crippen molar-refractivity contribution in [2.75, 3.05) is 6.54 Å². The molecule has 5 N–H and O–H groups in total. The second-order valence-corrected chi connectivity index (χ2v) is 5.57. The van der Waals surface area contributed by atoms with E-state index >= 15 is 0 Å². The van der Waals surface area contributed by atoms with Crippen LogP contribution in [0.3, 0.4) is 0 Å². The van der Waals surface area contributed by atoms with E-state index in [2.05, 4.69) is 15.3 Å². The van der Waals surface area contributed by atoms with Crippen molar-refractivity contribution in [1.82, 2.24) is 19.7 Å². The summed E-state index contributed by atoms with van der Waals surface area (Å²) in [6.45, 7) is 0.0455. The Morgan fingerprint density at radius 2 is 1.92 bits per heavy atom. The van der Waals surface area contributed by atoms with Crippen LogP contribution in [0.4, 0.5) is 0 Å². The molecule has 9 nitrogen and oxygen atoms in total. The first-order chi connectivity index (χ1) is 12.4. The molecule has 0 saturated heterocycles. The predicted octanol–water partition coefficient (Wildman–Crippen LogP) is 0.885. The van der Waals surface area contributed by atoms with E-state index in [1.54, 1.807) is 41.1 Å². The monoisotopic (exact) mass is 352 g/mol. The normalized spacial score (nSPS) is 10.6. The average Bonchev–Trinajstić information content (AvgIpc) is 3.04. The number of nitrogens with two attached hydrogens (primary N) is 1. The maximum atomic E-state index is 12.0. The number of fused-ring (bicyclic) bond motifs is 1. The van der Waals surface area contributed by atoms with Gasteiger partial charge < -0.3 is 16.2 Å². The number of nitrogen functional groups attached to an aromatic ring is 1. The summed E-state index contributed by atoms with van der Waals surface area (Å²) in [5.41, 5.74) is 7.86. The molecule has 0 aliphatic heterocycles. The maximum absolute atomic E-state index is 12.0. The second kappa shape index (κ2) is 7.01. The number of nitrogens with one attached hydrogen (secondary N) is 2. The number of amidine groups is 1. The van der Waals surface area contributed by atoms with E-state index in [1.807, 2.05) is 0 Å². The summed E-state index contributed by atoms with van der Waals surface area (Å²) < 4.78 is 1.63. The zero-order valence-electron chi connectivity index (χ0n) is 13.6. The first kappa shape index (κ1) is 17.1. The van der Waals surface area contributed by atoms with Crippen LogP contribution in [0.2, 0.25) is 0 Å². The van der Waals surface area contributed by atoms with Crippen LogP contribution < -0.4 is 11.1 Å². The van der Waals surface area contributed by atoms with Crippen molar-refractivity contribution in [1.29, 1.82) is 5.41 Å². The van der Waals surface area contributed by atoms with Gasteiger partial charge in [0.25, 0.3) is 5.91 Å². The van der Waals surface area contributed by atoms with Crippen LogP contribution in [-0.4, -0.2) is 43.7 Å². The molecule has 1 aromatic carbocycles. The first-order valence-corrected chi connectivity index (χ1v) is 7.73. The van der Waals surface area contributed by atoms with Crippen LogP contribution in [0, 0.1) is 5.41 Å². The van der Waals surface area contributed by atoms with E-state index in [4.69, 9.17) is 16.2 Å². The lowest BCUT2D eigenvalue weighted by atomic mass is 10.1. The standard InChI is InChI=1S/C17H16N6O3/c18-15(19)11-3-1-10(2-4-11)13-9-23-8-12(7-21-17(23)22-13)16(26)20-6-5-14(24)25/h1-4,7-9H,5-6H2,(H3,18,19)(H,20,26)(H,24,25). The maximum Gasteiger partial charge on any atom is 0.305 e. The van der Waals surface area contributed by atoms with E-state index in [-0.39, 0.29) is 18.8 Å². The lowest BCUT2D eigenvalue weighted by molar-refractivity contribution is -0.136. The second-order valence-electron chi connectivity index (χ2n) is 5.57. The minimum atomic E-state index is -0.978. The van der Waals surface area contributed by atoms with Gasteiger partial charge in [-0.25, -0.2) is 9.97 Å². The number of aliphatic carboxylic acids is 1. The molecule has 9 heteroatoms. The number of hydrogen-bond acceptors (Lipinski definition) is 5. The predicted molar refractivity (Wildman–Crippen MR) is 94.0 cm³/mol. The van der Waals surface area contributed by atoms with Crippen molar-refractivity contribution >= 4 is 23.5 Å². The smallest absolute Gasteiger partial charge is 0.305 e. The minimum Gasteiger partial charge on any atom is -0.481 e. The van der Waals surface area contributed by atoms with Crippen LogP contribution in [0.25, 0.3) is 17.0 Å². The zero-order valence-corrected chi connectivity index (χ0v) is 13.6. The fourth-order valence-electron chi connectivity index (χ4n) is 2.35. The Morgan fingerprint density at radius 1 is 1.19 bits per heavy atom. The van der Waals surface area contributed by atoms with E-state index in [1.165, 1.54) is 6.20 Å². The quantitative estimate of drug-likeness (QED) is 0.382. The number of carbonyl (C=O) groups excluding carboxylic acids is 1. The summed E-state index contributed by atoms with van der Waals surface area (Å²) in [4.78, 5) is 31.1. The minimum absolute atomic E-state index is 0.00762. The lowest BCUT2D eigenvalue weighted by Crippen LogP contribution is -2.26. The molecule has 132 valence electrons. The fraction of sp³-hybridized carbons (Fsp3) is 0.118. The Balaban J connectivity index is 1.81. The third kappa shape index (κ3) is 3.66. The van der Waals surface area contributed by atoms with Gasteiger partial charge in [0.05, 0.1) is 17.7 Å². The van der Waals surface area contributed by atoms with Gasteiger partial charge in [-0.3, -0.25) is 19.4 Å². The summed E-state index contributed by atoms with van der Waals surface area (Å²) in [6.07, 6.45) is 4.56. The van der Waals surface area contributed by atoms with Crippen molar-refractivity contribution in [2.24, 2.45) is 5.73 Å². The molecule has 0 fully saturated rings. The number of hydrogen-bond donors (Lipinski definition) is 4. The number of aromatic nitrogens is 3. The Morgan fingerprint density at radius 3 is 2.58 bits per heavy atom. The van der Waals surface area contributed by atoms with Gasteiger partial charge in [-0.1, -0.05) is 24.3 Å². The largest absolute Gasteiger partial charge is 0.481 e. The Kier molecular flexibility index (Phi) is 4.61. The number of imidazole rings is 1. The molecule has 0 bridgehead atoms. The molecule has 0 aliphatic rings. The summed E-state index contributed by atoms with van der Waals surface area (Å²) in [5, 5.41) is 18.5. The number of amides is 1. The van der Waals surface area contributed by atoms with Crippen molar-refractivity contribution in [2.45, 2.75) is 6.42 Å². The van der Waals surface area contributed by atoms with Crippen molar-refractivity contribution in [3.63, 3.8) is 0 Å². The number of rotatable bonds is 6. The lowest BCUT2D eigenvalue weighted by Gasteiger charge is -2.03. The molecule has 1 amide bonds. The number of benzene rings is 1.